The van der Waals surface area contributed by atoms with Gasteiger partial charge in [-0.2, -0.15) is 0 Å². The minimum Gasteiger partial charge on any atom is -0.480 e. The average Bonchev–Trinajstić information content (AvgIpc) is 3.37. The molecule has 6 nitrogen and oxygen atoms in total. The normalized spacial score (nSPS) is 21.6. The number of fused-ring (bicyclic) bond motifs is 1. The highest BCUT2D eigenvalue weighted by Gasteiger charge is 2.36. The van der Waals surface area contributed by atoms with Gasteiger partial charge in [0, 0.05) is 31.9 Å². The molecule has 1 aromatic heterocycles. The number of likely N-dealkylation sites (tertiary alicyclic amines) is 1. The van der Waals surface area contributed by atoms with Crippen molar-refractivity contribution in [2.45, 2.75) is 88.7 Å². The molecule has 3 heterocycles. The van der Waals surface area contributed by atoms with Gasteiger partial charge in [0.15, 0.2) is 0 Å². The Morgan fingerprint density at radius 1 is 1.08 bits per heavy atom. The second-order valence-electron chi connectivity index (χ2n) is 10.8. The van der Waals surface area contributed by atoms with E-state index in [1.54, 1.807) is 0 Å². The summed E-state index contributed by atoms with van der Waals surface area (Å²) in [5.74, 6) is 0.817. The minimum atomic E-state index is -0.744. The Balaban J connectivity index is 1.11. The summed E-state index contributed by atoms with van der Waals surface area (Å²) in [6, 6.07) is 12.1. The molecule has 1 saturated carbocycles. The molecular formula is C30H41N3O3. The highest BCUT2D eigenvalue weighted by Crippen LogP contribution is 2.38. The Morgan fingerprint density at radius 3 is 2.81 bits per heavy atom. The van der Waals surface area contributed by atoms with Crippen LogP contribution in [0.25, 0.3) is 0 Å². The van der Waals surface area contributed by atoms with Crippen molar-refractivity contribution < 1.29 is 14.6 Å². The van der Waals surface area contributed by atoms with Gasteiger partial charge in [-0.3, -0.25) is 9.69 Å². The minimum absolute atomic E-state index is 0.111. The molecule has 0 radical (unpaired) electrons. The lowest BCUT2D eigenvalue weighted by atomic mass is 9.80. The second-order valence-corrected chi connectivity index (χ2v) is 10.8. The van der Waals surface area contributed by atoms with Gasteiger partial charge in [-0.25, -0.2) is 4.98 Å². The van der Waals surface area contributed by atoms with Crippen molar-refractivity contribution in [1.29, 1.82) is 0 Å². The number of aliphatic carboxylic acids is 1. The molecule has 194 valence electrons. The van der Waals surface area contributed by atoms with E-state index in [0.717, 1.165) is 68.9 Å². The zero-order valence-corrected chi connectivity index (χ0v) is 21.5. The molecular weight excluding hydrogens is 450 g/mol. The van der Waals surface area contributed by atoms with Gasteiger partial charge in [-0.1, -0.05) is 49.6 Å². The fourth-order valence-electron chi connectivity index (χ4n) is 6.32. The molecule has 1 unspecified atom stereocenters. The van der Waals surface area contributed by atoms with Gasteiger partial charge in [0.25, 0.3) is 0 Å². The molecule has 0 bridgehead atoms. The van der Waals surface area contributed by atoms with Crippen molar-refractivity contribution in [3.05, 3.63) is 58.8 Å². The molecule has 6 heteroatoms. The molecule has 1 aliphatic carbocycles. The number of carbonyl (C=O) groups is 1. The number of benzene rings is 1. The molecule has 36 heavy (non-hydrogen) atoms. The van der Waals surface area contributed by atoms with Gasteiger partial charge in [-0.15, -0.1) is 0 Å². The number of unbranched alkanes of at least 4 members (excludes halogenated alkanes) is 1. The van der Waals surface area contributed by atoms with E-state index in [9.17, 15) is 9.90 Å². The predicted molar refractivity (Wildman–Crippen MR) is 143 cm³/mol. The van der Waals surface area contributed by atoms with Crippen LogP contribution in [0.1, 0.15) is 92.1 Å². The number of nitrogens with one attached hydrogen (secondary N) is 1. The van der Waals surface area contributed by atoms with E-state index in [4.69, 9.17) is 9.72 Å². The van der Waals surface area contributed by atoms with Gasteiger partial charge < -0.3 is 15.2 Å². The number of anilines is 1. The van der Waals surface area contributed by atoms with Crippen molar-refractivity contribution in [2.75, 3.05) is 31.6 Å². The maximum absolute atomic E-state index is 12.5. The Labute approximate surface area is 215 Å². The van der Waals surface area contributed by atoms with Crippen LogP contribution >= 0.6 is 0 Å². The third-order valence-electron chi connectivity index (χ3n) is 8.24. The molecule has 2 N–H and O–H groups in total. The SMILES string of the molecule is O=C(O)C(c1ccccc1C1CCCCC1)N1CC[C@@H](OCCCCc2ccc3c(n2)NCCC3)C1. The Bertz CT molecular complexity index is 1020. The summed E-state index contributed by atoms with van der Waals surface area (Å²) in [5, 5.41) is 13.6. The van der Waals surface area contributed by atoms with Crippen molar-refractivity contribution in [3.63, 3.8) is 0 Å². The first kappa shape index (κ1) is 25.2. The summed E-state index contributed by atoms with van der Waals surface area (Å²) < 4.78 is 6.21. The van der Waals surface area contributed by atoms with Gasteiger partial charge in [0.05, 0.1) is 6.10 Å². The second kappa shape index (κ2) is 12.2. The van der Waals surface area contributed by atoms with E-state index in [1.807, 2.05) is 12.1 Å². The van der Waals surface area contributed by atoms with Crippen LogP contribution in [0.2, 0.25) is 0 Å². The highest BCUT2D eigenvalue weighted by atomic mass is 16.5. The van der Waals surface area contributed by atoms with Crippen LogP contribution in [0.15, 0.2) is 36.4 Å². The standard InChI is InChI=1S/C30H41N3O3/c34-30(35)28(27-14-5-4-13-26(27)22-9-2-1-3-10-22)33-19-17-25(21-33)36-20-7-6-12-24-16-15-23-11-8-18-31-29(23)32-24/h4-5,13-16,22,25,28H,1-3,6-12,17-21H2,(H,31,32)(H,34,35)/t25-,28?/m1/s1. The summed E-state index contributed by atoms with van der Waals surface area (Å²) in [6.07, 6.45) is 12.5. The number of carboxylic acid groups (broad SMARTS) is 1. The number of nitrogens with zero attached hydrogens (tertiary/aromatic N) is 2. The van der Waals surface area contributed by atoms with Crippen LogP contribution in [-0.4, -0.2) is 53.3 Å². The number of hydrogen-bond acceptors (Lipinski definition) is 5. The molecule has 2 aromatic rings. The Morgan fingerprint density at radius 2 is 1.94 bits per heavy atom. The molecule has 2 aliphatic heterocycles. The van der Waals surface area contributed by atoms with Crippen LogP contribution in [0.3, 0.4) is 0 Å². The van der Waals surface area contributed by atoms with E-state index in [2.05, 4.69) is 34.5 Å². The van der Waals surface area contributed by atoms with E-state index >= 15 is 0 Å². The van der Waals surface area contributed by atoms with Crippen LogP contribution in [0.4, 0.5) is 5.82 Å². The number of ether oxygens (including phenoxy) is 1. The number of aryl methyl sites for hydroxylation is 2. The third-order valence-corrected chi connectivity index (χ3v) is 8.24. The Kier molecular flexibility index (Phi) is 8.55. The zero-order chi connectivity index (χ0) is 24.7. The van der Waals surface area contributed by atoms with Crippen LogP contribution in [0.5, 0.6) is 0 Å². The molecule has 3 aliphatic rings. The van der Waals surface area contributed by atoms with Gasteiger partial charge in [0.1, 0.15) is 11.9 Å². The lowest BCUT2D eigenvalue weighted by Gasteiger charge is -2.30. The molecule has 0 spiro atoms. The zero-order valence-electron chi connectivity index (χ0n) is 21.5. The number of aromatic nitrogens is 1. The maximum atomic E-state index is 12.5. The predicted octanol–water partition coefficient (Wildman–Crippen LogP) is 5.73. The molecule has 5 rings (SSSR count). The maximum Gasteiger partial charge on any atom is 0.325 e. The summed E-state index contributed by atoms with van der Waals surface area (Å²) >= 11 is 0. The smallest absolute Gasteiger partial charge is 0.325 e. The number of hydrogen-bond donors (Lipinski definition) is 2. The largest absolute Gasteiger partial charge is 0.480 e. The summed E-state index contributed by atoms with van der Waals surface area (Å²) in [6.45, 7) is 3.20. The monoisotopic (exact) mass is 491 g/mol. The van der Waals surface area contributed by atoms with Gasteiger partial charge in [-0.05, 0) is 80.0 Å². The van der Waals surface area contributed by atoms with Crippen molar-refractivity contribution >= 4 is 11.8 Å². The summed E-state index contributed by atoms with van der Waals surface area (Å²) in [4.78, 5) is 19.4. The fourth-order valence-corrected chi connectivity index (χ4v) is 6.32. The van der Waals surface area contributed by atoms with E-state index < -0.39 is 12.0 Å². The lowest BCUT2D eigenvalue weighted by molar-refractivity contribution is -0.143. The summed E-state index contributed by atoms with van der Waals surface area (Å²) in [7, 11) is 0. The third kappa shape index (κ3) is 6.09. The molecule has 1 aromatic carbocycles. The number of rotatable bonds is 10. The van der Waals surface area contributed by atoms with Gasteiger partial charge >= 0.3 is 5.97 Å². The van der Waals surface area contributed by atoms with E-state index in [0.29, 0.717) is 12.5 Å². The van der Waals surface area contributed by atoms with Crippen LogP contribution in [-0.2, 0) is 22.4 Å². The first-order valence-electron chi connectivity index (χ1n) is 14.1. The van der Waals surface area contributed by atoms with Crippen molar-refractivity contribution in [3.8, 4) is 0 Å². The topological polar surface area (TPSA) is 74.7 Å². The van der Waals surface area contributed by atoms with Crippen LogP contribution < -0.4 is 5.32 Å². The molecule has 2 atom stereocenters. The average molecular weight is 492 g/mol. The molecule has 1 saturated heterocycles. The lowest BCUT2D eigenvalue weighted by Crippen LogP contribution is -2.34. The fraction of sp³-hybridized carbons (Fsp3) is 0.600. The van der Waals surface area contributed by atoms with E-state index in [-0.39, 0.29) is 6.10 Å². The molecule has 2 fully saturated rings. The highest BCUT2D eigenvalue weighted by molar-refractivity contribution is 5.76. The first-order valence-corrected chi connectivity index (χ1v) is 14.1. The number of pyridine rings is 1. The van der Waals surface area contributed by atoms with E-state index in [1.165, 1.54) is 49.7 Å². The quantitative estimate of drug-likeness (QED) is 0.414. The molecule has 0 amide bonds. The van der Waals surface area contributed by atoms with Gasteiger partial charge in [0.2, 0.25) is 0 Å². The first-order chi connectivity index (χ1) is 17.7. The van der Waals surface area contributed by atoms with Crippen LogP contribution in [0, 0.1) is 0 Å². The van der Waals surface area contributed by atoms with Crippen molar-refractivity contribution in [1.82, 2.24) is 9.88 Å². The Hall–Kier alpha value is -2.44. The summed E-state index contributed by atoms with van der Waals surface area (Å²) in [5.41, 5.74) is 4.72. The number of carboxylic acids is 1. The van der Waals surface area contributed by atoms with Crippen molar-refractivity contribution in [2.24, 2.45) is 0 Å².